The normalized spacial score (nSPS) is 19.1. The third-order valence-electron chi connectivity index (χ3n) is 7.12. The summed E-state index contributed by atoms with van der Waals surface area (Å²) in [4.78, 5) is 54.0. The minimum Gasteiger partial charge on any atom is -0.496 e. The number of carbonyl (C=O) groups is 4. The fourth-order valence-corrected chi connectivity index (χ4v) is 5.04. The number of nitrogens with one attached hydrogen (secondary N) is 2. The highest BCUT2D eigenvalue weighted by molar-refractivity contribution is 6.24. The Morgan fingerprint density at radius 2 is 1.00 bits per heavy atom. The summed E-state index contributed by atoms with van der Waals surface area (Å²) in [5.41, 5.74) is 2.52. The van der Waals surface area contributed by atoms with Crippen molar-refractivity contribution in [2.24, 2.45) is 0 Å². The summed E-state index contributed by atoms with van der Waals surface area (Å²) in [6.45, 7) is 0.734. The molecule has 3 aromatic carbocycles. The van der Waals surface area contributed by atoms with Crippen LogP contribution in [-0.4, -0.2) is 49.9 Å². The lowest BCUT2D eigenvalue weighted by Gasteiger charge is -2.19. The van der Waals surface area contributed by atoms with Gasteiger partial charge in [0.1, 0.15) is 11.5 Å². The van der Waals surface area contributed by atoms with Crippen molar-refractivity contribution < 1.29 is 28.7 Å². The number of hydrogen-bond donors (Lipinski definition) is 2. The predicted octanol–water partition coefficient (Wildman–Crippen LogP) is 2.55. The third-order valence-corrected chi connectivity index (χ3v) is 7.12. The van der Waals surface area contributed by atoms with E-state index < -0.39 is 12.1 Å². The van der Waals surface area contributed by atoms with Gasteiger partial charge < -0.3 is 20.1 Å². The molecule has 0 aliphatic carbocycles. The van der Waals surface area contributed by atoms with Crippen molar-refractivity contribution in [3.8, 4) is 11.5 Å². The minimum absolute atomic E-state index is 0.0262. The fourth-order valence-electron chi connectivity index (χ4n) is 5.04. The Morgan fingerprint density at radius 3 is 1.38 bits per heavy atom. The molecule has 206 valence electrons. The molecule has 0 radical (unpaired) electrons. The summed E-state index contributed by atoms with van der Waals surface area (Å²) < 4.78 is 10.7. The number of hydrogen-bond acceptors (Lipinski definition) is 8. The van der Waals surface area contributed by atoms with Gasteiger partial charge >= 0.3 is 0 Å². The van der Waals surface area contributed by atoms with Crippen molar-refractivity contribution >= 4 is 35.0 Å². The molecule has 3 aromatic rings. The number of ether oxygens (including phenoxy) is 2. The molecule has 2 N–H and O–H groups in total. The maximum absolute atomic E-state index is 13.1. The maximum atomic E-state index is 13.1. The quantitative estimate of drug-likeness (QED) is 0.376. The molecule has 10 heteroatoms. The van der Waals surface area contributed by atoms with E-state index in [1.54, 1.807) is 38.5 Å². The number of benzene rings is 3. The van der Waals surface area contributed by atoms with Crippen LogP contribution in [0.5, 0.6) is 11.5 Å². The first-order valence-electron chi connectivity index (χ1n) is 13.0. The number of imide groups is 2. The first-order valence-corrected chi connectivity index (χ1v) is 13.0. The molecule has 5 rings (SSSR count). The number of nitrogens with zero attached hydrogens (tertiary/aromatic N) is 2. The molecule has 4 amide bonds. The van der Waals surface area contributed by atoms with Gasteiger partial charge in [0.2, 0.25) is 11.8 Å². The van der Waals surface area contributed by atoms with Crippen LogP contribution in [0.1, 0.15) is 24.0 Å². The van der Waals surface area contributed by atoms with Crippen LogP contribution >= 0.6 is 0 Å². The van der Waals surface area contributed by atoms with Gasteiger partial charge in [-0.1, -0.05) is 36.4 Å². The molecule has 0 unspecified atom stereocenters. The van der Waals surface area contributed by atoms with E-state index in [4.69, 9.17) is 9.47 Å². The fraction of sp³-hybridized carbons (Fsp3) is 0.267. The number of para-hydroxylation sites is 2. The van der Waals surface area contributed by atoms with Gasteiger partial charge in [0, 0.05) is 24.2 Å². The van der Waals surface area contributed by atoms with Crippen LogP contribution in [0.3, 0.4) is 0 Å². The Kier molecular flexibility index (Phi) is 7.90. The molecule has 2 heterocycles. The van der Waals surface area contributed by atoms with E-state index >= 15 is 0 Å². The Morgan fingerprint density at radius 1 is 0.625 bits per heavy atom. The van der Waals surface area contributed by atoms with Crippen molar-refractivity contribution in [3.63, 3.8) is 0 Å². The maximum Gasteiger partial charge on any atom is 0.251 e. The highest BCUT2D eigenvalue weighted by Crippen LogP contribution is 2.29. The molecule has 0 saturated carbocycles. The highest BCUT2D eigenvalue weighted by Gasteiger charge is 2.41. The van der Waals surface area contributed by atoms with E-state index in [2.05, 4.69) is 10.6 Å². The highest BCUT2D eigenvalue weighted by atomic mass is 16.5. The minimum atomic E-state index is -0.672. The lowest BCUT2D eigenvalue weighted by atomic mass is 10.1. The zero-order valence-electron chi connectivity index (χ0n) is 22.3. The van der Waals surface area contributed by atoms with Gasteiger partial charge in [-0.25, -0.2) is 9.80 Å². The smallest absolute Gasteiger partial charge is 0.251 e. The van der Waals surface area contributed by atoms with Crippen molar-refractivity contribution in [1.29, 1.82) is 0 Å². The summed E-state index contributed by atoms with van der Waals surface area (Å²) in [5.74, 6) is 0.0153. The zero-order chi connectivity index (χ0) is 28.2. The van der Waals surface area contributed by atoms with Gasteiger partial charge in [0.15, 0.2) is 0 Å². The Labute approximate surface area is 231 Å². The second kappa shape index (κ2) is 11.7. The van der Waals surface area contributed by atoms with Crippen LogP contribution in [-0.2, 0) is 32.3 Å². The number of rotatable bonds is 10. The molecule has 40 heavy (non-hydrogen) atoms. The second-order valence-electron chi connectivity index (χ2n) is 9.55. The monoisotopic (exact) mass is 542 g/mol. The summed E-state index contributed by atoms with van der Waals surface area (Å²) in [7, 11) is 3.16. The van der Waals surface area contributed by atoms with Crippen LogP contribution < -0.4 is 29.9 Å². The van der Waals surface area contributed by atoms with E-state index in [9.17, 15) is 19.2 Å². The first-order chi connectivity index (χ1) is 19.4. The SMILES string of the molecule is COc1ccccc1CN[C@H]1CC(=O)N(c2ccc(N3C(=O)C[C@H](NCc4ccccc4OC)C3=O)cc2)C1=O. The molecule has 10 nitrogen and oxygen atoms in total. The Balaban J connectivity index is 1.23. The topological polar surface area (TPSA) is 117 Å². The predicted molar refractivity (Wildman–Crippen MR) is 148 cm³/mol. The van der Waals surface area contributed by atoms with Gasteiger partial charge in [-0.2, -0.15) is 0 Å². The lowest BCUT2D eigenvalue weighted by molar-refractivity contribution is -0.123. The largest absolute Gasteiger partial charge is 0.496 e. The molecule has 0 bridgehead atoms. The summed E-state index contributed by atoms with van der Waals surface area (Å²) >= 11 is 0. The van der Waals surface area contributed by atoms with Gasteiger partial charge in [-0.05, 0) is 36.4 Å². The van der Waals surface area contributed by atoms with Crippen LogP contribution in [0.15, 0.2) is 72.8 Å². The van der Waals surface area contributed by atoms with Crippen LogP contribution in [0.4, 0.5) is 11.4 Å². The van der Waals surface area contributed by atoms with E-state index in [1.165, 1.54) is 0 Å². The Bertz CT molecular complexity index is 1330. The molecule has 2 saturated heterocycles. The van der Waals surface area contributed by atoms with Crippen LogP contribution in [0, 0.1) is 0 Å². The van der Waals surface area contributed by atoms with E-state index in [0.29, 0.717) is 36.0 Å². The summed E-state index contributed by atoms with van der Waals surface area (Å²) in [6.07, 6.45) is 0.0523. The number of amides is 4. The Hall–Kier alpha value is -4.54. The second-order valence-corrected chi connectivity index (χ2v) is 9.55. The van der Waals surface area contributed by atoms with Gasteiger partial charge in [0.05, 0.1) is 50.5 Å². The van der Waals surface area contributed by atoms with E-state index in [-0.39, 0.29) is 36.5 Å². The summed E-state index contributed by atoms with van der Waals surface area (Å²) in [6, 6.07) is 19.9. The average molecular weight is 543 g/mol. The third kappa shape index (κ3) is 5.31. The van der Waals surface area contributed by atoms with Gasteiger partial charge in [-0.3, -0.25) is 19.2 Å². The molecule has 0 aromatic heterocycles. The van der Waals surface area contributed by atoms with Gasteiger partial charge in [-0.15, -0.1) is 0 Å². The standard InChI is InChI=1S/C30H30N4O6/c1-39-25-9-5-3-7-19(25)17-31-23-15-27(35)33(29(23)37)21-11-13-22(14-12-21)34-28(36)16-24(30(34)38)32-18-20-8-4-6-10-26(20)40-2/h3-14,23-24,31-32H,15-18H2,1-2H3/t23-,24-/m0/s1. The lowest BCUT2D eigenvalue weighted by Crippen LogP contribution is -2.39. The number of methoxy groups -OCH3 is 2. The van der Waals surface area contributed by atoms with Crippen molar-refractivity contribution in [3.05, 3.63) is 83.9 Å². The number of carbonyl (C=O) groups excluding carboxylic acids is 4. The van der Waals surface area contributed by atoms with Crippen molar-refractivity contribution in [2.45, 2.75) is 38.0 Å². The molecule has 2 aliphatic rings. The van der Waals surface area contributed by atoms with Crippen LogP contribution in [0.2, 0.25) is 0 Å². The van der Waals surface area contributed by atoms with Crippen LogP contribution in [0.25, 0.3) is 0 Å². The van der Waals surface area contributed by atoms with E-state index in [1.807, 2.05) is 48.5 Å². The first kappa shape index (κ1) is 27.0. The van der Waals surface area contributed by atoms with Crippen molar-refractivity contribution in [1.82, 2.24) is 10.6 Å². The van der Waals surface area contributed by atoms with Crippen molar-refractivity contribution in [2.75, 3.05) is 24.0 Å². The molecular weight excluding hydrogens is 512 g/mol. The zero-order valence-corrected chi connectivity index (χ0v) is 22.3. The van der Waals surface area contributed by atoms with Gasteiger partial charge in [0.25, 0.3) is 11.8 Å². The van der Waals surface area contributed by atoms with E-state index in [0.717, 1.165) is 20.9 Å². The molecule has 0 spiro atoms. The molecule has 2 atom stereocenters. The number of anilines is 2. The average Bonchev–Trinajstić information content (AvgIpc) is 3.43. The molecule has 2 aliphatic heterocycles. The summed E-state index contributed by atoms with van der Waals surface area (Å²) in [5, 5.41) is 6.30. The molecular formula is C30H30N4O6. The molecule has 2 fully saturated rings.